The topological polar surface area (TPSA) is 57.2 Å². The summed E-state index contributed by atoms with van der Waals surface area (Å²) in [5, 5.41) is 0. The second-order valence-corrected chi connectivity index (χ2v) is 6.52. The van der Waals surface area contributed by atoms with Crippen LogP contribution < -0.4 is 14.2 Å². The van der Waals surface area contributed by atoms with Crippen molar-refractivity contribution in [3.63, 3.8) is 0 Å². The standard InChI is InChI=1S/C17H25NO5.ClH/c1-17(2,3)18-9-12(10-18)23-16(19)11-7-13(20-4)15(22-6)14(8-11)21-5;/h7-8,12H,9-10H2,1-6H3;1H. The number of ether oxygens (including phenoxy) is 4. The summed E-state index contributed by atoms with van der Waals surface area (Å²) < 4.78 is 21.3. The number of rotatable bonds is 5. The lowest BCUT2D eigenvalue weighted by atomic mass is 9.99. The van der Waals surface area contributed by atoms with Crippen molar-refractivity contribution in [2.24, 2.45) is 0 Å². The van der Waals surface area contributed by atoms with E-state index >= 15 is 0 Å². The van der Waals surface area contributed by atoms with Crippen LogP contribution in [0.3, 0.4) is 0 Å². The van der Waals surface area contributed by atoms with Gasteiger partial charge in [0.1, 0.15) is 6.10 Å². The average molecular weight is 360 g/mol. The Bertz CT molecular complexity index is 554. The Kier molecular flexibility index (Phi) is 6.75. The van der Waals surface area contributed by atoms with Crippen LogP contribution in [-0.4, -0.2) is 56.9 Å². The van der Waals surface area contributed by atoms with Gasteiger partial charge in [-0.3, -0.25) is 4.90 Å². The summed E-state index contributed by atoms with van der Waals surface area (Å²) in [7, 11) is 4.55. The van der Waals surface area contributed by atoms with Crippen LogP contribution in [0.4, 0.5) is 0 Å². The monoisotopic (exact) mass is 359 g/mol. The maximum Gasteiger partial charge on any atom is 0.338 e. The van der Waals surface area contributed by atoms with E-state index in [2.05, 4.69) is 25.7 Å². The lowest BCUT2D eigenvalue weighted by Crippen LogP contribution is -2.60. The molecular weight excluding hydrogens is 334 g/mol. The Morgan fingerprint density at radius 1 is 1.04 bits per heavy atom. The van der Waals surface area contributed by atoms with Crippen molar-refractivity contribution in [2.45, 2.75) is 32.4 Å². The molecule has 1 aromatic carbocycles. The van der Waals surface area contributed by atoms with Gasteiger partial charge in [0.25, 0.3) is 0 Å². The van der Waals surface area contributed by atoms with Crippen LogP contribution in [0.15, 0.2) is 12.1 Å². The molecule has 0 N–H and O–H groups in total. The van der Waals surface area contributed by atoms with Crippen LogP contribution in [0.2, 0.25) is 0 Å². The summed E-state index contributed by atoms with van der Waals surface area (Å²) in [6.07, 6.45) is -0.0826. The second-order valence-electron chi connectivity index (χ2n) is 6.52. The molecule has 1 aliphatic rings. The van der Waals surface area contributed by atoms with Crippen molar-refractivity contribution in [1.82, 2.24) is 4.90 Å². The van der Waals surface area contributed by atoms with Gasteiger partial charge in [-0.2, -0.15) is 0 Å². The number of halogens is 1. The lowest BCUT2D eigenvalue weighted by Gasteiger charge is -2.46. The Morgan fingerprint density at radius 2 is 1.54 bits per heavy atom. The number of carbonyl (C=O) groups excluding carboxylic acids is 1. The van der Waals surface area contributed by atoms with Gasteiger partial charge in [-0.05, 0) is 32.9 Å². The molecule has 1 aliphatic heterocycles. The highest BCUT2D eigenvalue weighted by atomic mass is 35.5. The largest absolute Gasteiger partial charge is 0.493 e. The highest BCUT2D eigenvalue weighted by molar-refractivity contribution is 5.91. The summed E-state index contributed by atoms with van der Waals surface area (Å²) in [5.74, 6) is 0.935. The highest BCUT2D eigenvalue weighted by Crippen LogP contribution is 2.38. The number of methoxy groups -OCH3 is 3. The Morgan fingerprint density at radius 3 is 1.92 bits per heavy atom. The van der Waals surface area contributed by atoms with Crippen LogP contribution >= 0.6 is 12.4 Å². The maximum absolute atomic E-state index is 12.3. The molecule has 136 valence electrons. The minimum atomic E-state index is -0.386. The van der Waals surface area contributed by atoms with Crippen LogP contribution in [0.1, 0.15) is 31.1 Å². The predicted octanol–water partition coefficient (Wildman–Crippen LogP) is 2.77. The number of esters is 1. The van der Waals surface area contributed by atoms with E-state index in [4.69, 9.17) is 18.9 Å². The van der Waals surface area contributed by atoms with Gasteiger partial charge >= 0.3 is 5.97 Å². The van der Waals surface area contributed by atoms with Crippen LogP contribution in [-0.2, 0) is 4.74 Å². The van der Waals surface area contributed by atoms with Crippen molar-refractivity contribution in [3.05, 3.63) is 17.7 Å². The zero-order valence-electron chi connectivity index (χ0n) is 15.0. The summed E-state index contributed by atoms with van der Waals surface area (Å²) in [6, 6.07) is 3.20. The second kappa shape index (κ2) is 7.94. The third kappa shape index (κ3) is 4.24. The van der Waals surface area contributed by atoms with E-state index in [1.165, 1.54) is 21.3 Å². The van der Waals surface area contributed by atoms with Gasteiger partial charge in [-0.25, -0.2) is 4.79 Å². The fraction of sp³-hybridized carbons (Fsp3) is 0.588. The van der Waals surface area contributed by atoms with Crippen molar-refractivity contribution < 1.29 is 23.7 Å². The molecule has 24 heavy (non-hydrogen) atoms. The third-order valence-electron chi connectivity index (χ3n) is 3.97. The highest BCUT2D eigenvalue weighted by Gasteiger charge is 2.36. The zero-order chi connectivity index (χ0) is 17.2. The molecule has 1 fully saturated rings. The zero-order valence-corrected chi connectivity index (χ0v) is 15.9. The minimum Gasteiger partial charge on any atom is -0.493 e. The van der Waals surface area contributed by atoms with E-state index in [0.717, 1.165) is 13.1 Å². The SMILES string of the molecule is COc1cc(C(=O)OC2CN(C(C)(C)C)C2)cc(OC)c1OC.Cl. The first-order valence-corrected chi connectivity index (χ1v) is 7.56. The summed E-state index contributed by atoms with van der Waals surface area (Å²) in [4.78, 5) is 14.6. The third-order valence-corrected chi connectivity index (χ3v) is 3.97. The van der Waals surface area contributed by atoms with Crippen LogP contribution in [0.25, 0.3) is 0 Å². The van der Waals surface area contributed by atoms with Gasteiger partial charge in [0.15, 0.2) is 11.5 Å². The first kappa shape index (κ1) is 20.4. The number of benzene rings is 1. The van der Waals surface area contributed by atoms with Crippen molar-refractivity contribution in [3.8, 4) is 17.2 Å². The molecule has 7 heteroatoms. The molecule has 0 aliphatic carbocycles. The number of carbonyl (C=O) groups is 1. The van der Waals surface area contributed by atoms with Crippen molar-refractivity contribution in [2.75, 3.05) is 34.4 Å². The summed E-state index contributed by atoms with van der Waals surface area (Å²) in [5.41, 5.74) is 0.476. The summed E-state index contributed by atoms with van der Waals surface area (Å²) >= 11 is 0. The quantitative estimate of drug-likeness (QED) is 0.753. The van der Waals surface area contributed by atoms with Gasteiger partial charge in [0, 0.05) is 18.6 Å². The molecule has 0 aromatic heterocycles. The first-order chi connectivity index (χ1) is 10.8. The minimum absolute atomic E-state index is 0. The predicted molar refractivity (Wildman–Crippen MR) is 93.9 cm³/mol. The normalized spacial score (nSPS) is 15.1. The molecule has 1 aromatic rings. The number of hydrogen-bond donors (Lipinski definition) is 0. The first-order valence-electron chi connectivity index (χ1n) is 7.56. The van der Waals surface area contributed by atoms with Gasteiger partial charge in [0.2, 0.25) is 5.75 Å². The van der Waals surface area contributed by atoms with E-state index in [-0.39, 0.29) is 30.0 Å². The van der Waals surface area contributed by atoms with E-state index in [0.29, 0.717) is 22.8 Å². The lowest BCUT2D eigenvalue weighted by molar-refractivity contribution is -0.0645. The van der Waals surface area contributed by atoms with Crippen molar-refractivity contribution >= 4 is 18.4 Å². The molecule has 0 atom stereocenters. The van der Waals surface area contributed by atoms with Crippen LogP contribution in [0.5, 0.6) is 17.2 Å². The Hall–Kier alpha value is -1.66. The molecule has 0 unspecified atom stereocenters. The van der Waals surface area contributed by atoms with Crippen molar-refractivity contribution in [1.29, 1.82) is 0 Å². The molecular formula is C17H26ClNO5. The molecule has 1 heterocycles. The van der Waals surface area contributed by atoms with Gasteiger partial charge < -0.3 is 18.9 Å². The number of nitrogens with zero attached hydrogens (tertiary/aromatic N) is 1. The Labute approximate surface area is 149 Å². The molecule has 6 nitrogen and oxygen atoms in total. The maximum atomic E-state index is 12.3. The van der Waals surface area contributed by atoms with E-state index in [1.54, 1.807) is 12.1 Å². The fourth-order valence-corrected chi connectivity index (χ4v) is 2.48. The average Bonchev–Trinajstić information content (AvgIpc) is 2.47. The molecule has 1 saturated heterocycles. The van der Waals surface area contributed by atoms with Gasteiger partial charge in [-0.15, -0.1) is 12.4 Å². The summed E-state index contributed by atoms with van der Waals surface area (Å²) in [6.45, 7) is 7.93. The molecule has 2 rings (SSSR count). The van der Waals surface area contributed by atoms with E-state index < -0.39 is 0 Å². The Balaban J connectivity index is 0.00000288. The fourth-order valence-electron chi connectivity index (χ4n) is 2.48. The molecule has 0 bridgehead atoms. The van der Waals surface area contributed by atoms with E-state index in [1.807, 2.05) is 0 Å². The van der Waals surface area contributed by atoms with Gasteiger partial charge in [0.05, 0.1) is 26.9 Å². The smallest absolute Gasteiger partial charge is 0.338 e. The molecule has 0 saturated carbocycles. The molecule has 0 radical (unpaired) electrons. The van der Waals surface area contributed by atoms with Crippen LogP contribution in [0, 0.1) is 0 Å². The number of hydrogen-bond acceptors (Lipinski definition) is 6. The molecule has 0 amide bonds. The number of likely N-dealkylation sites (tertiary alicyclic amines) is 1. The van der Waals surface area contributed by atoms with Gasteiger partial charge in [-0.1, -0.05) is 0 Å². The molecule has 0 spiro atoms. The van der Waals surface area contributed by atoms with E-state index in [9.17, 15) is 4.79 Å².